The minimum absolute atomic E-state index is 0.00685. The van der Waals surface area contributed by atoms with E-state index in [1.807, 2.05) is 26.0 Å². The van der Waals surface area contributed by atoms with Crippen LogP contribution in [0.3, 0.4) is 0 Å². The van der Waals surface area contributed by atoms with Gasteiger partial charge in [-0.05, 0) is 74.5 Å². The maximum atomic E-state index is 13.5. The molecule has 2 heterocycles. The molecule has 164 valence electrons. The number of hydrogen-bond acceptors (Lipinski definition) is 4. The Hall–Kier alpha value is -1.73. The van der Waals surface area contributed by atoms with Crippen molar-refractivity contribution in [2.24, 2.45) is 0 Å². The first-order valence-electron chi connectivity index (χ1n) is 11.1. The number of aromatic nitrogens is 3. The molecule has 0 amide bonds. The summed E-state index contributed by atoms with van der Waals surface area (Å²) in [4.78, 5) is 0.479. The van der Waals surface area contributed by atoms with E-state index in [1.165, 1.54) is 24.1 Å². The Morgan fingerprint density at radius 1 is 1.00 bits per heavy atom. The zero-order chi connectivity index (χ0) is 21.7. The molecule has 0 radical (unpaired) electrons. The van der Waals surface area contributed by atoms with E-state index in [9.17, 15) is 8.42 Å². The second-order valence-corrected chi connectivity index (χ2v) is 11.8. The van der Waals surface area contributed by atoms with Crippen LogP contribution in [0.15, 0.2) is 17.0 Å². The van der Waals surface area contributed by atoms with Gasteiger partial charge in [-0.25, -0.2) is 13.1 Å². The number of aryl methyl sites for hydroxylation is 3. The molecule has 1 aliphatic carbocycles. The van der Waals surface area contributed by atoms with E-state index in [0.717, 1.165) is 42.5 Å². The molecule has 6 nitrogen and oxygen atoms in total. The maximum Gasteiger partial charge on any atom is 0.243 e. The van der Waals surface area contributed by atoms with Crippen LogP contribution in [0.4, 0.5) is 0 Å². The Kier molecular flexibility index (Phi) is 5.56. The highest BCUT2D eigenvalue weighted by atomic mass is 32.2. The molecule has 0 N–H and O–H groups in total. The molecule has 1 aromatic carbocycles. The highest BCUT2D eigenvalue weighted by Gasteiger charge is 2.34. The van der Waals surface area contributed by atoms with Crippen molar-refractivity contribution in [3.05, 3.63) is 40.2 Å². The van der Waals surface area contributed by atoms with Crippen molar-refractivity contribution >= 4 is 10.0 Å². The van der Waals surface area contributed by atoms with Crippen molar-refractivity contribution in [2.75, 3.05) is 13.1 Å². The van der Waals surface area contributed by atoms with Crippen molar-refractivity contribution in [1.82, 2.24) is 19.3 Å². The monoisotopic (exact) mass is 430 g/mol. The van der Waals surface area contributed by atoms with Gasteiger partial charge in [0.1, 0.15) is 0 Å². The summed E-state index contributed by atoms with van der Waals surface area (Å²) in [6.45, 7) is 11.4. The molecule has 0 unspecified atom stereocenters. The maximum absolute atomic E-state index is 13.5. The number of hydrogen-bond donors (Lipinski definition) is 0. The van der Waals surface area contributed by atoms with E-state index in [1.54, 1.807) is 4.31 Å². The average Bonchev–Trinajstić information content (AvgIpc) is 3.11. The van der Waals surface area contributed by atoms with Gasteiger partial charge in [0.25, 0.3) is 0 Å². The largest absolute Gasteiger partial charge is 0.246 e. The standard InChI is InChI=1S/C23H34N4O2S/c1-16-14-18(23(3,4)5)15-17(2)22(16)30(28,29)26-12-10-19(11-13-26)27-21-9-7-6-8-20(21)24-25-27/h14-15,19H,6-13H2,1-5H3. The quantitative estimate of drug-likeness (QED) is 0.735. The molecule has 0 spiro atoms. The topological polar surface area (TPSA) is 68.1 Å². The van der Waals surface area contributed by atoms with Gasteiger partial charge in [0.2, 0.25) is 10.0 Å². The second-order valence-electron chi connectivity index (χ2n) is 9.96. The normalized spacial score (nSPS) is 19.1. The van der Waals surface area contributed by atoms with E-state index in [4.69, 9.17) is 0 Å². The van der Waals surface area contributed by atoms with Gasteiger partial charge in [-0.1, -0.05) is 38.1 Å². The van der Waals surface area contributed by atoms with Crippen molar-refractivity contribution in [3.63, 3.8) is 0 Å². The zero-order valence-electron chi connectivity index (χ0n) is 18.9. The summed E-state index contributed by atoms with van der Waals surface area (Å²) in [7, 11) is -3.51. The van der Waals surface area contributed by atoms with Gasteiger partial charge in [-0.2, -0.15) is 4.31 Å². The van der Waals surface area contributed by atoms with Gasteiger partial charge >= 0.3 is 0 Å². The lowest BCUT2D eigenvalue weighted by atomic mass is 9.85. The number of rotatable bonds is 3. The Bertz CT molecular complexity index is 1020. The Morgan fingerprint density at radius 3 is 2.20 bits per heavy atom. The average molecular weight is 431 g/mol. The van der Waals surface area contributed by atoms with Gasteiger partial charge in [0.05, 0.1) is 22.3 Å². The van der Waals surface area contributed by atoms with Crippen LogP contribution in [0.2, 0.25) is 0 Å². The van der Waals surface area contributed by atoms with Crippen LogP contribution in [-0.2, 0) is 28.3 Å². The first-order chi connectivity index (χ1) is 14.1. The van der Waals surface area contributed by atoms with E-state index < -0.39 is 10.0 Å². The van der Waals surface area contributed by atoms with Crippen LogP contribution in [0, 0.1) is 13.8 Å². The van der Waals surface area contributed by atoms with Crippen molar-refractivity contribution in [3.8, 4) is 0 Å². The molecule has 1 fully saturated rings. The Morgan fingerprint density at radius 2 is 1.60 bits per heavy atom. The number of sulfonamides is 1. The van der Waals surface area contributed by atoms with Crippen LogP contribution in [-0.4, -0.2) is 40.8 Å². The molecule has 0 saturated carbocycles. The van der Waals surface area contributed by atoms with Crippen molar-refractivity contribution in [1.29, 1.82) is 0 Å². The van der Waals surface area contributed by atoms with Crippen molar-refractivity contribution in [2.45, 2.75) is 89.5 Å². The van der Waals surface area contributed by atoms with E-state index >= 15 is 0 Å². The molecular weight excluding hydrogens is 396 g/mol. The molecular formula is C23H34N4O2S. The lowest BCUT2D eigenvalue weighted by Gasteiger charge is -2.33. The number of nitrogens with zero attached hydrogens (tertiary/aromatic N) is 4. The van der Waals surface area contributed by atoms with Crippen LogP contribution >= 0.6 is 0 Å². The molecule has 2 aromatic rings. The van der Waals surface area contributed by atoms with Gasteiger partial charge in [-0.15, -0.1) is 5.10 Å². The summed E-state index contributed by atoms with van der Waals surface area (Å²) in [5.41, 5.74) is 5.26. The lowest BCUT2D eigenvalue weighted by Crippen LogP contribution is -2.40. The third kappa shape index (κ3) is 3.82. The molecule has 4 rings (SSSR count). The summed E-state index contributed by atoms with van der Waals surface area (Å²) >= 11 is 0. The summed E-state index contributed by atoms with van der Waals surface area (Å²) in [5, 5.41) is 8.81. The highest BCUT2D eigenvalue weighted by molar-refractivity contribution is 7.89. The van der Waals surface area contributed by atoms with Gasteiger partial charge in [0, 0.05) is 13.1 Å². The fraction of sp³-hybridized carbons (Fsp3) is 0.652. The van der Waals surface area contributed by atoms with Gasteiger partial charge < -0.3 is 0 Å². The number of piperidine rings is 1. The minimum Gasteiger partial charge on any atom is -0.246 e. The van der Waals surface area contributed by atoms with Crippen LogP contribution in [0.25, 0.3) is 0 Å². The molecule has 7 heteroatoms. The first-order valence-corrected chi connectivity index (χ1v) is 12.6. The van der Waals surface area contributed by atoms with Crippen LogP contribution < -0.4 is 0 Å². The third-order valence-electron chi connectivity index (χ3n) is 6.64. The molecule has 1 aromatic heterocycles. The van der Waals surface area contributed by atoms with E-state index in [-0.39, 0.29) is 11.5 Å². The Balaban J connectivity index is 1.54. The summed E-state index contributed by atoms with van der Waals surface area (Å²) < 4.78 is 30.8. The smallest absolute Gasteiger partial charge is 0.243 e. The number of fused-ring (bicyclic) bond motifs is 1. The van der Waals surface area contributed by atoms with E-state index in [0.29, 0.717) is 18.0 Å². The minimum atomic E-state index is -3.51. The zero-order valence-corrected chi connectivity index (χ0v) is 19.7. The second kappa shape index (κ2) is 7.75. The molecule has 0 atom stereocenters. The predicted octanol–water partition coefficient (Wildman–Crippen LogP) is 4.10. The van der Waals surface area contributed by atoms with Gasteiger partial charge in [-0.3, -0.25) is 0 Å². The highest BCUT2D eigenvalue weighted by Crippen LogP contribution is 2.34. The van der Waals surface area contributed by atoms with E-state index in [2.05, 4.69) is 35.8 Å². The molecule has 2 aliphatic rings. The first kappa shape index (κ1) is 21.5. The third-order valence-corrected chi connectivity index (χ3v) is 8.85. The van der Waals surface area contributed by atoms with Gasteiger partial charge in [0.15, 0.2) is 0 Å². The van der Waals surface area contributed by atoms with Crippen molar-refractivity contribution < 1.29 is 8.42 Å². The Labute approximate surface area is 180 Å². The summed E-state index contributed by atoms with van der Waals surface area (Å²) in [6.07, 6.45) is 6.01. The SMILES string of the molecule is Cc1cc(C(C)(C)C)cc(C)c1S(=O)(=O)N1CCC(n2nnc3c2CCCC3)CC1. The van der Waals surface area contributed by atoms with Crippen LogP contribution in [0.5, 0.6) is 0 Å². The fourth-order valence-electron chi connectivity index (χ4n) is 4.92. The van der Waals surface area contributed by atoms with Crippen LogP contribution in [0.1, 0.15) is 80.6 Å². The summed E-state index contributed by atoms with van der Waals surface area (Å²) in [5.74, 6) is 0. The fourth-order valence-corrected chi connectivity index (χ4v) is 6.81. The molecule has 1 aliphatic heterocycles. The lowest BCUT2D eigenvalue weighted by molar-refractivity contribution is 0.254. The molecule has 0 bridgehead atoms. The summed E-state index contributed by atoms with van der Waals surface area (Å²) in [6, 6.07) is 4.32. The number of benzene rings is 1. The molecule has 1 saturated heterocycles. The molecule has 30 heavy (non-hydrogen) atoms. The predicted molar refractivity (Wildman–Crippen MR) is 118 cm³/mol.